The maximum Gasteiger partial charge on any atom is 0.274 e. The van der Waals surface area contributed by atoms with Gasteiger partial charge in [0.05, 0.1) is 16.1 Å². The van der Waals surface area contributed by atoms with Gasteiger partial charge in [-0.25, -0.2) is 4.98 Å². The second-order valence-electron chi connectivity index (χ2n) is 6.18. The second-order valence-corrected chi connectivity index (χ2v) is 6.62. The molecule has 2 N–H and O–H groups in total. The summed E-state index contributed by atoms with van der Waals surface area (Å²) in [5.41, 5.74) is 4.19. The van der Waals surface area contributed by atoms with Crippen LogP contribution in [0.25, 0.3) is 22.2 Å². The van der Waals surface area contributed by atoms with Gasteiger partial charge in [0, 0.05) is 35.2 Å². The Bertz CT molecular complexity index is 1260. The van der Waals surface area contributed by atoms with Gasteiger partial charge in [-0.1, -0.05) is 11.6 Å². The minimum Gasteiger partial charge on any atom is -0.321 e. The number of hydrogen-bond acceptors (Lipinski definition) is 5. The predicted molar refractivity (Wildman–Crippen MR) is 106 cm³/mol. The van der Waals surface area contributed by atoms with E-state index in [2.05, 4.69) is 25.5 Å². The van der Waals surface area contributed by atoms with E-state index in [4.69, 9.17) is 16.9 Å². The van der Waals surface area contributed by atoms with Crippen LogP contribution < -0.4 is 5.32 Å². The lowest BCUT2D eigenvalue weighted by atomic mass is 10.1. The molecule has 0 aliphatic rings. The minimum atomic E-state index is -0.351. The molecule has 0 saturated heterocycles. The Morgan fingerprint density at radius 1 is 1.21 bits per heavy atom. The van der Waals surface area contributed by atoms with Crippen LogP contribution in [0.2, 0.25) is 5.02 Å². The fourth-order valence-electron chi connectivity index (χ4n) is 2.92. The molecule has 4 aromatic rings. The van der Waals surface area contributed by atoms with Crippen LogP contribution in [0, 0.1) is 18.3 Å². The highest BCUT2D eigenvalue weighted by molar-refractivity contribution is 6.30. The van der Waals surface area contributed by atoms with Gasteiger partial charge in [0.2, 0.25) is 0 Å². The molecule has 0 unspecified atom stereocenters. The number of nitrogens with zero attached hydrogens (tertiary/aromatic N) is 4. The number of rotatable bonds is 3. The van der Waals surface area contributed by atoms with E-state index in [9.17, 15) is 4.79 Å². The number of nitriles is 1. The second kappa shape index (κ2) is 7.10. The number of fused-ring (bicyclic) bond motifs is 1. The Labute approximate surface area is 165 Å². The Morgan fingerprint density at radius 3 is 2.82 bits per heavy atom. The van der Waals surface area contributed by atoms with E-state index in [0.29, 0.717) is 27.5 Å². The number of halogens is 1. The number of aromatic nitrogens is 4. The van der Waals surface area contributed by atoms with Crippen LogP contribution in [0.15, 0.2) is 48.9 Å². The number of carbonyl (C=O) groups excluding carboxylic acids is 1. The number of aromatic amines is 1. The number of hydrogen-bond donors (Lipinski definition) is 2. The lowest BCUT2D eigenvalue weighted by Gasteiger charge is -2.07. The summed E-state index contributed by atoms with van der Waals surface area (Å²) in [7, 11) is 0. The molecule has 28 heavy (non-hydrogen) atoms. The van der Waals surface area contributed by atoms with E-state index in [1.807, 2.05) is 18.2 Å². The molecule has 136 valence electrons. The van der Waals surface area contributed by atoms with E-state index in [1.165, 1.54) is 6.20 Å². The summed E-state index contributed by atoms with van der Waals surface area (Å²) in [4.78, 5) is 20.8. The average molecular weight is 389 g/mol. The zero-order valence-electron chi connectivity index (χ0n) is 14.7. The zero-order chi connectivity index (χ0) is 19.7. The third kappa shape index (κ3) is 3.29. The van der Waals surface area contributed by atoms with Crippen molar-refractivity contribution < 1.29 is 4.79 Å². The first-order valence-corrected chi connectivity index (χ1v) is 8.70. The van der Waals surface area contributed by atoms with Crippen molar-refractivity contribution in [2.75, 3.05) is 5.32 Å². The average Bonchev–Trinajstić information content (AvgIpc) is 3.11. The number of nitrogens with one attached hydrogen (secondary N) is 2. The van der Waals surface area contributed by atoms with Crippen molar-refractivity contribution in [3.8, 4) is 17.3 Å². The summed E-state index contributed by atoms with van der Waals surface area (Å²) in [5.74, 6) is -0.351. The lowest BCUT2D eigenvalue weighted by molar-refractivity contribution is 0.102. The molecule has 0 spiro atoms. The van der Waals surface area contributed by atoms with Crippen molar-refractivity contribution in [3.05, 3.63) is 70.8 Å². The number of carbonyl (C=O) groups is 1. The number of amides is 1. The smallest absolute Gasteiger partial charge is 0.274 e. The first kappa shape index (κ1) is 17.6. The number of pyridine rings is 2. The molecule has 0 bridgehead atoms. The SMILES string of the molecule is Cc1cc(C#N)cnc1C(=O)Nc1ccc2[nH]nc(-c3cncc(Cl)c3)c2c1. The third-order valence-corrected chi connectivity index (χ3v) is 4.43. The Kier molecular flexibility index (Phi) is 4.47. The fraction of sp³-hybridized carbons (Fsp3) is 0.0500. The molecule has 0 radical (unpaired) electrons. The molecule has 3 aromatic heterocycles. The molecule has 8 heteroatoms. The van der Waals surface area contributed by atoms with Gasteiger partial charge in [0.25, 0.3) is 5.91 Å². The standard InChI is InChI=1S/C20H13ClN6O/c1-11-4-12(7-22)8-24-18(11)20(28)25-15-2-3-17-16(6-15)19(27-26-17)13-5-14(21)10-23-9-13/h2-6,8-10H,1H3,(H,25,28)(H,26,27). The first-order valence-electron chi connectivity index (χ1n) is 8.32. The molecule has 1 aromatic carbocycles. The van der Waals surface area contributed by atoms with Crippen molar-refractivity contribution >= 4 is 34.1 Å². The fourth-order valence-corrected chi connectivity index (χ4v) is 3.09. The lowest BCUT2D eigenvalue weighted by Crippen LogP contribution is -2.15. The maximum absolute atomic E-state index is 12.6. The Morgan fingerprint density at radius 2 is 2.07 bits per heavy atom. The largest absolute Gasteiger partial charge is 0.321 e. The van der Waals surface area contributed by atoms with Crippen molar-refractivity contribution in [2.45, 2.75) is 6.92 Å². The van der Waals surface area contributed by atoms with Crippen LogP contribution in [0.4, 0.5) is 5.69 Å². The van der Waals surface area contributed by atoms with Gasteiger partial charge >= 0.3 is 0 Å². The molecule has 4 rings (SSSR count). The summed E-state index contributed by atoms with van der Waals surface area (Å²) < 4.78 is 0. The third-order valence-electron chi connectivity index (χ3n) is 4.22. The molecule has 0 aliphatic carbocycles. The molecule has 0 fully saturated rings. The first-order chi connectivity index (χ1) is 13.5. The molecule has 0 aliphatic heterocycles. The number of aryl methyl sites for hydroxylation is 1. The summed E-state index contributed by atoms with van der Waals surface area (Å²) in [5, 5.41) is 20.4. The maximum atomic E-state index is 12.6. The van der Waals surface area contributed by atoms with E-state index in [0.717, 1.165) is 16.5 Å². The summed E-state index contributed by atoms with van der Waals surface area (Å²) in [6.07, 6.45) is 4.61. The van der Waals surface area contributed by atoms with E-state index in [-0.39, 0.29) is 11.6 Å². The van der Waals surface area contributed by atoms with Gasteiger partial charge in [0.1, 0.15) is 17.5 Å². The van der Waals surface area contributed by atoms with Gasteiger partial charge in [-0.3, -0.25) is 14.9 Å². The summed E-state index contributed by atoms with van der Waals surface area (Å²) >= 11 is 6.03. The highest BCUT2D eigenvalue weighted by Gasteiger charge is 2.14. The Hall–Kier alpha value is -3.76. The molecule has 7 nitrogen and oxygen atoms in total. The number of H-pyrrole nitrogens is 1. The highest BCUT2D eigenvalue weighted by atomic mass is 35.5. The monoisotopic (exact) mass is 388 g/mol. The van der Waals surface area contributed by atoms with Crippen molar-refractivity contribution in [1.82, 2.24) is 20.2 Å². The van der Waals surface area contributed by atoms with Crippen LogP contribution >= 0.6 is 11.6 Å². The number of anilines is 1. The highest BCUT2D eigenvalue weighted by Crippen LogP contribution is 2.29. The normalized spacial score (nSPS) is 10.6. The quantitative estimate of drug-likeness (QED) is 0.549. The van der Waals surface area contributed by atoms with E-state index >= 15 is 0 Å². The summed E-state index contributed by atoms with van der Waals surface area (Å²) in [6.45, 7) is 1.74. The van der Waals surface area contributed by atoms with E-state index in [1.54, 1.807) is 37.5 Å². The zero-order valence-corrected chi connectivity index (χ0v) is 15.4. The van der Waals surface area contributed by atoms with Crippen LogP contribution in [0.5, 0.6) is 0 Å². The van der Waals surface area contributed by atoms with Crippen molar-refractivity contribution in [1.29, 1.82) is 5.26 Å². The molecule has 0 saturated carbocycles. The molecule has 0 atom stereocenters. The van der Waals surface area contributed by atoms with Crippen LogP contribution in [-0.2, 0) is 0 Å². The van der Waals surface area contributed by atoms with Gasteiger partial charge in [-0.05, 0) is 42.8 Å². The van der Waals surface area contributed by atoms with Gasteiger partial charge in [0.15, 0.2) is 0 Å². The van der Waals surface area contributed by atoms with Gasteiger partial charge in [-0.15, -0.1) is 0 Å². The molecule has 3 heterocycles. The minimum absolute atomic E-state index is 0.269. The van der Waals surface area contributed by atoms with Crippen molar-refractivity contribution in [3.63, 3.8) is 0 Å². The molecular weight excluding hydrogens is 376 g/mol. The Balaban J connectivity index is 1.67. The number of benzene rings is 1. The topological polar surface area (TPSA) is 107 Å². The van der Waals surface area contributed by atoms with Gasteiger partial charge < -0.3 is 5.32 Å². The van der Waals surface area contributed by atoms with E-state index < -0.39 is 0 Å². The van der Waals surface area contributed by atoms with Crippen LogP contribution in [-0.4, -0.2) is 26.1 Å². The van der Waals surface area contributed by atoms with Crippen LogP contribution in [0.1, 0.15) is 21.6 Å². The molecular formula is C20H13ClN6O. The summed E-state index contributed by atoms with van der Waals surface area (Å²) in [6, 6.07) is 10.8. The van der Waals surface area contributed by atoms with Crippen molar-refractivity contribution in [2.24, 2.45) is 0 Å². The predicted octanol–water partition coefficient (Wildman–Crippen LogP) is 4.11. The van der Waals surface area contributed by atoms with Gasteiger partial charge in [-0.2, -0.15) is 10.4 Å². The molecule has 1 amide bonds. The van der Waals surface area contributed by atoms with Crippen LogP contribution in [0.3, 0.4) is 0 Å².